The summed E-state index contributed by atoms with van der Waals surface area (Å²) in [6.07, 6.45) is 11.1. The van der Waals surface area contributed by atoms with Gasteiger partial charge < -0.3 is 0 Å². The first-order valence-electron chi connectivity index (χ1n) is 5.55. The summed E-state index contributed by atoms with van der Waals surface area (Å²) in [6, 6.07) is 0. The first-order chi connectivity index (χ1) is 6.27. The van der Waals surface area contributed by atoms with E-state index in [1.54, 1.807) is 0 Å². The van der Waals surface area contributed by atoms with Crippen LogP contribution in [0.15, 0.2) is 0 Å². The average molecular weight is 300 g/mol. The zero-order valence-electron chi connectivity index (χ0n) is 8.70. The van der Waals surface area contributed by atoms with Gasteiger partial charge in [0, 0.05) is 0 Å². The standard InChI is InChI=1S/C11H22FI/c1-2-3-4-5-6-7-8-9-10-11(12)13/h11H,2-10H2,1H3. The molecule has 0 radical (unpaired) electrons. The van der Waals surface area contributed by atoms with Crippen LogP contribution in [-0.4, -0.2) is 4.18 Å². The third-order valence-corrected chi connectivity index (χ3v) is 2.90. The molecule has 0 N–H and O–H groups in total. The van der Waals surface area contributed by atoms with Gasteiger partial charge in [0.25, 0.3) is 0 Å². The van der Waals surface area contributed by atoms with Crippen molar-refractivity contribution in [2.24, 2.45) is 0 Å². The Kier molecular flexibility index (Phi) is 11.3. The van der Waals surface area contributed by atoms with Gasteiger partial charge in [0.05, 0.1) is 0 Å². The molecular formula is C11H22FI. The van der Waals surface area contributed by atoms with E-state index in [9.17, 15) is 4.39 Å². The molecule has 0 rings (SSSR count). The van der Waals surface area contributed by atoms with Crippen molar-refractivity contribution in [3.05, 3.63) is 0 Å². The van der Waals surface area contributed by atoms with Crippen molar-refractivity contribution >= 4 is 22.6 Å². The molecule has 0 spiro atoms. The van der Waals surface area contributed by atoms with Crippen LogP contribution in [0.25, 0.3) is 0 Å². The number of unbranched alkanes of at least 4 members (excludes halogenated alkanes) is 7. The Hall–Kier alpha value is 0.660. The molecule has 13 heavy (non-hydrogen) atoms. The van der Waals surface area contributed by atoms with Crippen molar-refractivity contribution in [1.29, 1.82) is 0 Å². The number of rotatable bonds is 9. The Bertz CT molecular complexity index is 94.1. The molecule has 1 unspecified atom stereocenters. The lowest BCUT2D eigenvalue weighted by molar-refractivity contribution is 0.428. The summed E-state index contributed by atoms with van der Waals surface area (Å²) >= 11 is 1.86. The molecule has 0 aliphatic carbocycles. The lowest BCUT2D eigenvalue weighted by Crippen LogP contribution is -1.87. The molecule has 0 aromatic carbocycles. The Morgan fingerprint density at radius 1 is 0.923 bits per heavy atom. The first kappa shape index (κ1) is 13.7. The second-order valence-corrected chi connectivity index (χ2v) is 5.01. The fraction of sp³-hybridized carbons (Fsp3) is 1.00. The van der Waals surface area contributed by atoms with E-state index in [1.807, 2.05) is 22.6 Å². The Morgan fingerprint density at radius 3 is 1.85 bits per heavy atom. The highest BCUT2D eigenvalue weighted by molar-refractivity contribution is 14.1. The molecule has 0 saturated carbocycles. The molecule has 0 heterocycles. The van der Waals surface area contributed by atoms with Gasteiger partial charge in [-0.3, -0.25) is 0 Å². The first-order valence-corrected chi connectivity index (χ1v) is 6.80. The fourth-order valence-electron chi connectivity index (χ4n) is 1.43. The molecular weight excluding hydrogens is 278 g/mol. The summed E-state index contributed by atoms with van der Waals surface area (Å²) in [5, 5.41) is 0. The van der Waals surface area contributed by atoms with Crippen molar-refractivity contribution < 1.29 is 4.39 Å². The maximum absolute atomic E-state index is 12.4. The minimum absolute atomic E-state index is 0.627. The van der Waals surface area contributed by atoms with E-state index >= 15 is 0 Å². The summed E-state index contributed by atoms with van der Waals surface area (Å²) < 4.78 is 11.7. The molecule has 0 saturated heterocycles. The molecule has 0 amide bonds. The van der Waals surface area contributed by atoms with E-state index in [2.05, 4.69) is 6.92 Å². The highest BCUT2D eigenvalue weighted by atomic mass is 127. The molecule has 80 valence electrons. The topological polar surface area (TPSA) is 0 Å². The molecule has 1 atom stereocenters. The van der Waals surface area contributed by atoms with E-state index in [-0.39, 0.29) is 0 Å². The van der Waals surface area contributed by atoms with E-state index in [0.717, 1.165) is 12.8 Å². The van der Waals surface area contributed by atoms with Crippen molar-refractivity contribution in [2.75, 3.05) is 0 Å². The average Bonchev–Trinajstić information content (AvgIpc) is 2.09. The molecule has 0 bridgehead atoms. The monoisotopic (exact) mass is 300 g/mol. The molecule has 0 aromatic heterocycles. The van der Waals surface area contributed by atoms with Gasteiger partial charge in [-0.05, 0) is 35.4 Å². The van der Waals surface area contributed by atoms with Crippen molar-refractivity contribution in [3.8, 4) is 0 Å². The van der Waals surface area contributed by atoms with Crippen LogP contribution >= 0.6 is 22.6 Å². The number of alkyl halides is 2. The molecule has 0 aliphatic rings. The third-order valence-electron chi connectivity index (χ3n) is 2.28. The predicted molar refractivity (Wildman–Crippen MR) is 66.1 cm³/mol. The second-order valence-electron chi connectivity index (χ2n) is 3.65. The zero-order chi connectivity index (χ0) is 9.94. The molecule has 0 aromatic rings. The molecule has 2 heteroatoms. The fourth-order valence-corrected chi connectivity index (χ4v) is 1.87. The van der Waals surface area contributed by atoms with Crippen molar-refractivity contribution in [2.45, 2.75) is 68.9 Å². The molecule has 0 aliphatic heterocycles. The van der Waals surface area contributed by atoms with Gasteiger partial charge in [-0.25, -0.2) is 4.39 Å². The maximum Gasteiger partial charge on any atom is 0.151 e. The lowest BCUT2D eigenvalue weighted by Gasteiger charge is -2.01. The predicted octanol–water partition coefficient (Wildman–Crippen LogP) is 5.25. The van der Waals surface area contributed by atoms with Gasteiger partial charge in [0.2, 0.25) is 0 Å². The largest absolute Gasteiger partial charge is 0.236 e. The normalized spacial score (nSPS) is 13.2. The van der Waals surface area contributed by atoms with Crippen LogP contribution in [0.5, 0.6) is 0 Å². The van der Waals surface area contributed by atoms with E-state index in [4.69, 9.17) is 0 Å². The van der Waals surface area contributed by atoms with Gasteiger partial charge in [0.15, 0.2) is 4.18 Å². The van der Waals surface area contributed by atoms with Crippen LogP contribution in [0.1, 0.15) is 64.7 Å². The van der Waals surface area contributed by atoms with Crippen LogP contribution in [0.3, 0.4) is 0 Å². The smallest absolute Gasteiger partial charge is 0.151 e. The molecule has 0 nitrogen and oxygen atoms in total. The van der Waals surface area contributed by atoms with Crippen LogP contribution in [0.2, 0.25) is 0 Å². The van der Waals surface area contributed by atoms with E-state index in [0.29, 0.717) is 0 Å². The van der Waals surface area contributed by atoms with Crippen molar-refractivity contribution in [3.63, 3.8) is 0 Å². The van der Waals surface area contributed by atoms with E-state index in [1.165, 1.54) is 44.9 Å². The van der Waals surface area contributed by atoms with Gasteiger partial charge >= 0.3 is 0 Å². The van der Waals surface area contributed by atoms with Crippen LogP contribution in [-0.2, 0) is 0 Å². The van der Waals surface area contributed by atoms with Gasteiger partial charge in [0.1, 0.15) is 0 Å². The number of halogens is 2. The van der Waals surface area contributed by atoms with Gasteiger partial charge in [-0.15, -0.1) is 0 Å². The van der Waals surface area contributed by atoms with Gasteiger partial charge in [-0.2, -0.15) is 0 Å². The summed E-state index contributed by atoms with van der Waals surface area (Å²) in [5.74, 6) is 0. The third kappa shape index (κ3) is 12.7. The minimum Gasteiger partial charge on any atom is -0.236 e. The maximum atomic E-state index is 12.4. The van der Waals surface area contributed by atoms with E-state index < -0.39 is 4.18 Å². The van der Waals surface area contributed by atoms with Crippen molar-refractivity contribution in [1.82, 2.24) is 0 Å². The second kappa shape index (κ2) is 10.7. The van der Waals surface area contributed by atoms with Crippen LogP contribution < -0.4 is 0 Å². The summed E-state index contributed by atoms with van der Waals surface area (Å²) in [5.41, 5.74) is 0. The zero-order valence-corrected chi connectivity index (χ0v) is 10.9. The Morgan fingerprint density at radius 2 is 1.38 bits per heavy atom. The quantitative estimate of drug-likeness (QED) is 0.310. The minimum atomic E-state index is -0.627. The van der Waals surface area contributed by atoms with Gasteiger partial charge in [-0.1, -0.05) is 51.9 Å². The lowest BCUT2D eigenvalue weighted by atomic mass is 10.1. The summed E-state index contributed by atoms with van der Waals surface area (Å²) in [7, 11) is 0. The van der Waals surface area contributed by atoms with Crippen LogP contribution in [0.4, 0.5) is 4.39 Å². The Balaban J connectivity index is 2.84. The SMILES string of the molecule is CCCCCCCCCCC(F)I. The highest BCUT2D eigenvalue weighted by Gasteiger charge is 1.98. The number of hydrogen-bond donors (Lipinski definition) is 0. The highest BCUT2D eigenvalue weighted by Crippen LogP contribution is 2.14. The summed E-state index contributed by atoms with van der Waals surface area (Å²) in [6.45, 7) is 2.24. The Labute approximate surface area is 95.8 Å². The number of hydrogen-bond acceptors (Lipinski definition) is 0. The summed E-state index contributed by atoms with van der Waals surface area (Å²) in [4.78, 5) is 0. The van der Waals surface area contributed by atoms with Crippen LogP contribution in [0, 0.1) is 0 Å². The molecule has 0 fully saturated rings.